The molecule has 1 aromatic carbocycles. The molecule has 0 saturated heterocycles. The fourth-order valence-electron chi connectivity index (χ4n) is 1.70. The smallest absolute Gasteiger partial charge is 0.209 e. The van der Waals surface area contributed by atoms with Crippen molar-refractivity contribution in [1.29, 1.82) is 0 Å². The molecule has 0 atom stereocenters. The van der Waals surface area contributed by atoms with Crippen molar-refractivity contribution < 1.29 is 18.3 Å². The molecule has 2 rings (SSSR count). The third-order valence-electron chi connectivity index (χ3n) is 2.66. The van der Waals surface area contributed by atoms with E-state index in [4.69, 9.17) is 4.74 Å². The standard InChI is InChI=1S/C14H11BrF2O2S/c1-3-19-9-5-4-8(16)11(12(9)17)13(18)10-6-7(2)14(15)20-10/h4-6H,3H2,1-2H3. The minimum atomic E-state index is -0.959. The number of carbonyl (C=O) groups is 1. The molecule has 0 N–H and O–H groups in total. The summed E-state index contributed by atoms with van der Waals surface area (Å²) in [5.74, 6) is -2.65. The van der Waals surface area contributed by atoms with Crippen LogP contribution in [0.25, 0.3) is 0 Å². The molecule has 0 amide bonds. The van der Waals surface area contributed by atoms with E-state index < -0.39 is 23.0 Å². The van der Waals surface area contributed by atoms with E-state index in [2.05, 4.69) is 15.9 Å². The van der Waals surface area contributed by atoms with Crippen molar-refractivity contribution >= 4 is 33.0 Å². The maximum atomic E-state index is 14.2. The van der Waals surface area contributed by atoms with Crippen molar-refractivity contribution in [3.8, 4) is 5.75 Å². The van der Waals surface area contributed by atoms with Gasteiger partial charge in [-0.15, -0.1) is 11.3 Å². The van der Waals surface area contributed by atoms with Gasteiger partial charge in [-0.2, -0.15) is 0 Å². The van der Waals surface area contributed by atoms with Gasteiger partial charge in [0.15, 0.2) is 11.6 Å². The summed E-state index contributed by atoms with van der Waals surface area (Å²) < 4.78 is 33.8. The van der Waals surface area contributed by atoms with Crippen molar-refractivity contribution in [1.82, 2.24) is 0 Å². The van der Waals surface area contributed by atoms with Gasteiger partial charge in [0.1, 0.15) is 5.82 Å². The van der Waals surface area contributed by atoms with Crippen LogP contribution in [0.5, 0.6) is 5.75 Å². The number of halogens is 3. The molecule has 0 aliphatic rings. The normalized spacial score (nSPS) is 10.7. The molecule has 0 unspecified atom stereocenters. The zero-order valence-corrected chi connectivity index (χ0v) is 13.2. The summed E-state index contributed by atoms with van der Waals surface area (Å²) in [5.41, 5.74) is 0.268. The molecule has 1 aromatic heterocycles. The Bertz CT molecular complexity index is 648. The summed E-state index contributed by atoms with van der Waals surface area (Å²) in [7, 11) is 0. The van der Waals surface area contributed by atoms with Crippen molar-refractivity contribution in [3.05, 3.63) is 49.6 Å². The number of ether oxygens (including phenoxy) is 1. The number of hydrogen-bond donors (Lipinski definition) is 0. The Morgan fingerprint density at radius 2 is 2.10 bits per heavy atom. The van der Waals surface area contributed by atoms with E-state index >= 15 is 0 Å². The van der Waals surface area contributed by atoms with Gasteiger partial charge in [0, 0.05) is 0 Å². The van der Waals surface area contributed by atoms with E-state index in [0.29, 0.717) is 0 Å². The lowest BCUT2D eigenvalue weighted by atomic mass is 10.1. The van der Waals surface area contributed by atoms with E-state index in [9.17, 15) is 13.6 Å². The summed E-state index contributed by atoms with van der Waals surface area (Å²) in [6.45, 7) is 3.73. The minimum Gasteiger partial charge on any atom is -0.491 e. The van der Waals surface area contributed by atoms with E-state index in [1.165, 1.54) is 6.07 Å². The Morgan fingerprint density at radius 1 is 1.40 bits per heavy atom. The first-order valence-corrected chi connectivity index (χ1v) is 7.48. The minimum absolute atomic E-state index is 0.121. The quantitative estimate of drug-likeness (QED) is 0.737. The van der Waals surface area contributed by atoms with Crippen LogP contribution in [0, 0.1) is 18.6 Å². The highest BCUT2D eigenvalue weighted by Gasteiger charge is 2.24. The fraction of sp³-hybridized carbons (Fsp3) is 0.214. The highest BCUT2D eigenvalue weighted by Crippen LogP contribution is 2.31. The second kappa shape index (κ2) is 6.01. The Labute approximate surface area is 127 Å². The van der Waals surface area contributed by atoms with Crippen molar-refractivity contribution in [3.63, 3.8) is 0 Å². The van der Waals surface area contributed by atoms with E-state index in [1.54, 1.807) is 19.9 Å². The Morgan fingerprint density at radius 3 is 2.65 bits per heavy atom. The number of ketones is 1. The fourth-order valence-corrected chi connectivity index (χ4v) is 3.18. The molecule has 106 valence electrons. The molecule has 0 saturated carbocycles. The van der Waals surface area contributed by atoms with Crippen LogP contribution in [0.3, 0.4) is 0 Å². The SMILES string of the molecule is CCOc1ccc(F)c(C(=O)c2cc(C)c(Br)s2)c1F. The second-order valence-electron chi connectivity index (χ2n) is 4.06. The monoisotopic (exact) mass is 360 g/mol. The van der Waals surface area contributed by atoms with Gasteiger partial charge in [0.2, 0.25) is 5.78 Å². The lowest BCUT2D eigenvalue weighted by molar-refractivity contribution is 0.103. The number of benzene rings is 1. The lowest BCUT2D eigenvalue weighted by Crippen LogP contribution is -2.08. The molecule has 0 fully saturated rings. The van der Waals surface area contributed by atoms with E-state index in [1.807, 2.05) is 0 Å². The van der Waals surface area contributed by atoms with Gasteiger partial charge in [-0.1, -0.05) is 0 Å². The highest BCUT2D eigenvalue weighted by molar-refractivity contribution is 9.11. The Kier molecular flexibility index (Phi) is 4.55. The maximum Gasteiger partial charge on any atom is 0.209 e. The number of carbonyl (C=O) groups excluding carboxylic acids is 1. The predicted molar refractivity (Wildman–Crippen MR) is 77.7 cm³/mol. The van der Waals surface area contributed by atoms with Gasteiger partial charge in [-0.25, -0.2) is 8.78 Å². The first-order chi connectivity index (χ1) is 9.45. The maximum absolute atomic E-state index is 14.2. The van der Waals surface area contributed by atoms with Gasteiger partial charge >= 0.3 is 0 Å². The molecular formula is C14H11BrF2O2S. The molecule has 0 spiro atoms. The van der Waals surface area contributed by atoms with Crippen LogP contribution in [0.4, 0.5) is 8.78 Å². The molecule has 2 aromatic rings. The van der Waals surface area contributed by atoms with Crippen LogP contribution in [0.1, 0.15) is 27.7 Å². The lowest BCUT2D eigenvalue weighted by Gasteiger charge is -2.08. The molecule has 0 radical (unpaired) electrons. The molecule has 6 heteroatoms. The molecular weight excluding hydrogens is 350 g/mol. The second-order valence-corrected chi connectivity index (χ2v) is 6.43. The number of rotatable bonds is 4. The van der Waals surface area contributed by atoms with E-state index in [-0.39, 0.29) is 17.2 Å². The third kappa shape index (κ3) is 2.76. The van der Waals surface area contributed by atoms with Crippen LogP contribution >= 0.6 is 27.3 Å². The summed E-state index contributed by atoms with van der Waals surface area (Å²) in [6, 6.07) is 3.82. The van der Waals surface area contributed by atoms with Gasteiger partial charge in [-0.3, -0.25) is 4.79 Å². The number of thiophene rings is 1. The molecule has 2 nitrogen and oxygen atoms in total. The van der Waals surface area contributed by atoms with Gasteiger partial charge < -0.3 is 4.74 Å². The third-order valence-corrected chi connectivity index (χ3v) is 4.80. The largest absolute Gasteiger partial charge is 0.491 e. The van der Waals surface area contributed by atoms with Gasteiger partial charge in [-0.05, 0) is 53.5 Å². The molecule has 0 aliphatic carbocycles. The van der Waals surface area contributed by atoms with Crippen molar-refractivity contribution in [2.75, 3.05) is 6.61 Å². The molecule has 1 heterocycles. The summed E-state index contributed by atoms with van der Waals surface area (Å²) in [4.78, 5) is 12.5. The first kappa shape index (κ1) is 15.1. The summed E-state index contributed by atoms with van der Waals surface area (Å²) in [5, 5.41) is 0. The predicted octanol–water partition coefficient (Wildman–Crippen LogP) is 4.73. The van der Waals surface area contributed by atoms with Gasteiger partial charge in [0.25, 0.3) is 0 Å². The zero-order valence-electron chi connectivity index (χ0n) is 10.8. The highest BCUT2D eigenvalue weighted by atomic mass is 79.9. The first-order valence-electron chi connectivity index (χ1n) is 5.87. The average Bonchev–Trinajstić information content (AvgIpc) is 2.73. The van der Waals surface area contributed by atoms with Crippen molar-refractivity contribution in [2.45, 2.75) is 13.8 Å². The average molecular weight is 361 g/mol. The summed E-state index contributed by atoms with van der Waals surface area (Å²) >= 11 is 4.43. The number of aryl methyl sites for hydroxylation is 1. The van der Waals surface area contributed by atoms with Crippen LogP contribution < -0.4 is 4.74 Å². The zero-order chi connectivity index (χ0) is 14.9. The van der Waals surface area contributed by atoms with Gasteiger partial charge in [0.05, 0.1) is 20.8 Å². The van der Waals surface area contributed by atoms with Crippen LogP contribution in [-0.4, -0.2) is 12.4 Å². The van der Waals surface area contributed by atoms with Crippen LogP contribution in [0.2, 0.25) is 0 Å². The molecule has 0 bridgehead atoms. The van der Waals surface area contributed by atoms with Crippen molar-refractivity contribution in [2.24, 2.45) is 0 Å². The topological polar surface area (TPSA) is 26.3 Å². The molecule has 0 aliphatic heterocycles. The Hall–Kier alpha value is -1.27. The van der Waals surface area contributed by atoms with Crippen LogP contribution in [-0.2, 0) is 0 Å². The number of hydrogen-bond acceptors (Lipinski definition) is 3. The van der Waals surface area contributed by atoms with Crippen LogP contribution in [0.15, 0.2) is 22.0 Å². The van der Waals surface area contributed by atoms with E-state index in [0.717, 1.165) is 26.8 Å². The summed E-state index contributed by atoms with van der Waals surface area (Å²) in [6.07, 6.45) is 0. The Balaban J connectivity index is 2.51. The molecule has 20 heavy (non-hydrogen) atoms.